The topological polar surface area (TPSA) is 121 Å². The van der Waals surface area contributed by atoms with Crippen LogP contribution >= 0.6 is 0 Å². The van der Waals surface area contributed by atoms with Crippen LogP contribution in [-0.2, 0) is 14.5 Å². The van der Waals surface area contributed by atoms with Gasteiger partial charge in [-0.25, -0.2) is 18.8 Å². The smallest absolute Gasteiger partial charge is 0.233 e. The van der Waals surface area contributed by atoms with Gasteiger partial charge in [0, 0.05) is 66.7 Å². The highest BCUT2D eigenvalue weighted by molar-refractivity contribution is 7.92. The summed E-state index contributed by atoms with van der Waals surface area (Å²) in [5, 5.41) is 14.0. The summed E-state index contributed by atoms with van der Waals surface area (Å²) in [7, 11) is -2.09. The lowest BCUT2D eigenvalue weighted by molar-refractivity contribution is 0.0320. The Morgan fingerprint density at radius 1 is 1.19 bits per heavy atom. The molecule has 3 aromatic rings. The molecule has 0 aromatic carbocycles. The van der Waals surface area contributed by atoms with Gasteiger partial charge >= 0.3 is 0 Å². The lowest BCUT2D eigenvalue weighted by Crippen LogP contribution is -2.38. The Morgan fingerprint density at radius 2 is 1.97 bits per heavy atom. The van der Waals surface area contributed by atoms with E-state index < -0.39 is 9.73 Å². The van der Waals surface area contributed by atoms with Crippen molar-refractivity contribution >= 4 is 21.1 Å². The van der Waals surface area contributed by atoms with E-state index in [9.17, 15) is 9.47 Å². The first kappa shape index (κ1) is 25.4. The van der Waals surface area contributed by atoms with Crippen LogP contribution in [0, 0.1) is 11.3 Å². The quantitative estimate of drug-likeness (QED) is 0.457. The number of hydrogen-bond donors (Lipinski definition) is 0. The second-order valence-corrected chi connectivity index (χ2v) is 12.2. The Balaban J connectivity index is 1.33. The number of aromatic nitrogens is 4. The van der Waals surface area contributed by atoms with Crippen molar-refractivity contribution < 1.29 is 13.7 Å². The standard InChI is InChI=1S/C25H32N8O3S/c1-37(2,34)30-21-5-7-32(8-6-21)22-4-3-19(16-27-22)24-25-20(15-26)17-28-33(25)18-23(29-24)36-14-11-31-9-12-35-13-10-31/h3-4,16-18,21H,5-14H2,1-2H3. The van der Waals surface area contributed by atoms with Crippen molar-refractivity contribution in [1.82, 2.24) is 24.5 Å². The molecule has 11 nitrogen and oxygen atoms in total. The van der Waals surface area contributed by atoms with Crippen LogP contribution in [0.2, 0.25) is 0 Å². The summed E-state index contributed by atoms with van der Waals surface area (Å²) < 4.78 is 29.5. The molecule has 0 N–H and O–H groups in total. The number of ether oxygens (including phenoxy) is 2. The molecule has 0 saturated carbocycles. The minimum Gasteiger partial charge on any atom is -0.475 e. The molecule has 5 heterocycles. The highest BCUT2D eigenvalue weighted by Gasteiger charge is 2.21. The average Bonchev–Trinajstić information content (AvgIpc) is 3.32. The number of rotatable bonds is 7. The maximum absolute atomic E-state index is 12.0. The predicted octanol–water partition coefficient (Wildman–Crippen LogP) is 2.07. The van der Waals surface area contributed by atoms with Crippen molar-refractivity contribution in [3.63, 3.8) is 0 Å². The molecule has 0 amide bonds. The molecule has 37 heavy (non-hydrogen) atoms. The zero-order valence-electron chi connectivity index (χ0n) is 21.2. The fraction of sp³-hybridized carbons (Fsp3) is 0.520. The Labute approximate surface area is 217 Å². The average molecular weight is 525 g/mol. The molecule has 2 fully saturated rings. The lowest BCUT2D eigenvalue weighted by atomic mass is 10.1. The minimum absolute atomic E-state index is 0.132. The van der Waals surface area contributed by atoms with Gasteiger partial charge in [-0.1, -0.05) is 0 Å². The Kier molecular flexibility index (Phi) is 7.55. The van der Waals surface area contributed by atoms with Crippen molar-refractivity contribution in [3.05, 3.63) is 36.3 Å². The van der Waals surface area contributed by atoms with E-state index >= 15 is 0 Å². The second-order valence-electron chi connectivity index (χ2n) is 9.60. The predicted molar refractivity (Wildman–Crippen MR) is 141 cm³/mol. The van der Waals surface area contributed by atoms with Crippen LogP contribution in [0.1, 0.15) is 18.4 Å². The summed E-state index contributed by atoms with van der Waals surface area (Å²) in [5.74, 6) is 1.32. The number of hydrogen-bond acceptors (Lipinski definition) is 10. The van der Waals surface area contributed by atoms with Gasteiger partial charge < -0.3 is 14.4 Å². The number of morpholine rings is 1. The molecule has 0 bridgehead atoms. The number of anilines is 1. The maximum atomic E-state index is 12.0. The molecule has 12 heteroatoms. The Bertz CT molecular complexity index is 1390. The molecule has 2 aliphatic rings. The third kappa shape index (κ3) is 6.18. The van der Waals surface area contributed by atoms with E-state index in [0.29, 0.717) is 29.3 Å². The SMILES string of the molecule is CS(C)(=O)=NC1CCN(c2ccc(-c3nc(OCCN4CCOCC4)cn4ncc(C#N)c34)cn2)CC1. The van der Waals surface area contributed by atoms with Gasteiger partial charge in [0.2, 0.25) is 5.88 Å². The Hall–Kier alpha value is -3.27. The molecule has 2 saturated heterocycles. The third-order valence-electron chi connectivity index (χ3n) is 6.57. The molecule has 0 unspecified atom stereocenters. The van der Waals surface area contributed by atoms with Crippen molar-refractivity contribution in [2.45, 2.75) is 18.9 Å². The van der Waals surface area contributed by atoms with E-state index in [1.165, 1.54) is 0 Å². The van der Waals surface area contributed by atoms with Crippen molar-refractivity contribution in [2.75, 3.05) is 70.0 Å². The van der Waals surface area contributed by atoms with Gasteiger partial charge in [-0.2, -0.15) is 10.4 Å². The van der Waals surface area contributed by atoms with Gasteiger partial charge in [0.15, 0.2) is 0 Å². The number of nitrogens with zero attached hydrogens (tertiary/aromatic N) is 8. The molecule has 3 aromatic heterocycles. The first-order valence-electron chi connectivity index (χ1n) is 12.5. The largest absolute Gasteiger partial charge is 0.475 e. The van der Waals surface area contributed by atoms with E-state index in [4.69, 9.17) is 19.4 Å². The van der Waals surface area contributed by atoms with Crippen molar-refractivity contribution in [2.24, 2.45) is 4.36 Å². The molecule has 2 aliphatic heterocycles. The zero-order valence-corrected chi connectivity index (χ0v) is 22.1. The first-order valence-corrected chi connectivity index (χ1v) is 14.8. The number of piperidine rings is 1. The van der Waals surface area contributed by atoms with Crippen LogP contribution < -0.4 is 9.64 Å². The molecule has 0 spiro atoms. The maximum Gasteiger partial charge on any atom is 0.233 e. The van der Waals surface area contributed by atoms with E-state index in [0.717, 1.165) is 70.2 Å². The van der Waals surface area contributed by atoms with E-state index in [-0.39, 0.29) is 6.04 Å². The molecular formula is C25H32N8O3S. The van der Waals surface area contributed by atoms with Crippen LogP contribution in [0.3, 0.4) is 0 Å². The van der Waals surface area contributed by atoms with Crippen LogP contribution in [0.4, 0.5) is 5.82 Å². The van der Waals surface area contributed by atoms with Gasteiger partial charge in [0.05, 0.1) is 31.6 Å². The monoisotopic (exact) mass is 524 g/mol. The van der Waals surface area contributed by atoms with E-state index in [1.54, 1.807) is 35.6 Å². The summed E-state index contributed by atoms with van der Waals surface area (Å²) in [6.45, 7) is 6.19. The highest BCUT2D eigenvalue weighted by Crippen LogP contribution is 2.29. The molecule has 0 aliphatic carbocycles. The first-order chi connectivity index (χ1) is 17.9. The summed E-state index contributed by atoms with van der Waals surface area (Å²) >= 11 is 0. The van der Waals surface area contributed by atoms with Crippen LogP contribution in [-0.4, -0.2) is 99.8 Å². The lowest BCUT2D eigenvalue weighted by Gasteiger charge is -2.31. The van der Waals surface area contributed by atoms with E-state index in [1.807, 2.05) is 12.1 Å². The van der Waals surface area contributed by atoms with Crippen molar-refractivity contribution in [3.8, 4) is 23.2 Å². The Morgan fingerprint density at radius 3 is 2.65 bits per heavy atom. The summed E-state index contributed by atoms with van der Waals surface area (Å²) in [4.78, 5) is 14.0. The fourth-order valence-electron chi connectivity index (χ4n) is 4.72. The molecule has 0 atom stereocenters. The molecule has 196 valence electrons. The van der Waals surface area contributed by atoms with Gasteiger partial charge in [0.25, 0.3) is 0 Å². The number of nitriles is 1. The van der Waals surface area contributed by atoms with Gasteiger partial charge in [-0.3, -0.25) is 9.11 Å². The molecule has 5 rings (SSSR count). The van der Waals surface area contributed by atoms with Crippen LogP contribution in [0.5, 0.6) is 5.88 Å². The molecule has 0 radical (unpaired) electrons. The van der Waals surface area contributed by atoms with Gasteiger partial charge in [0.1, 0.15) is 35.3 Å². The summed E-state index contributed by atoms with van der Waals surface area (Å²) in [6, 6.07) is 6.28. The second kappa shape index (κ2) is 11.0. The van der Waals surface area contributed by atoms with Crippen LogP contribution in [0.15, 0.2) is 35.1 Å². The fourth-order valence-corrected chi connectivity index (χ4v) is 5.65. The summed E-state index contributed by atoms with van der Waals surface area (Å²) in [5.41, 5.74) is 2.46. The minimum atomic E-state index is -2.09. The molecular weight excluding hydrogens is 492 g/mol. The van der Waals surface area contributed by atoms with Crippen LogP contribution in [0.25, 0.3) is 16.8 Å². The highest BCUT2D eigenvalue weighted by atomic mass is 32.2. The normalized spacial score (nSPS) is 17.6. The summed E-state index contributed by atoms with van der Waals surface area (Å²) in [6.07, 6.45) is 10.1. The zero-order chi connectivity index (χ0) is 25.8. The third-order valence-corrected chi connectivity index (χ3v) is 7.37. The van der Waals surface area contributed by atoms with E-state index in [2.05, 4.69) is 25.3 Å². The number of fused-ring (bicyclic) bond motifs is 1. The number of pyridine rings is 1. The van der Waals surface area contributed by atoms with Crippen molar-refractivity contribution in [1.29, 1.82) is 5.26 Å². The van der Waals surface area contributed by atoms with Gasteiger partial charge in [-0.05, 0) is 25.0 Å². The van der Waals surface area contributed by atoms with Gasteiger partial charge in [-0.15, -0.1) is 0 Å².